The molecule has 108 valence electrons. The first-order valence-corrected chi connectivity index (χ1v) is 7.60. The fourth-order valence-electron chi connectivity index (χ4n) is 2.03. The first kappa shape index (κ1) is 15.7. The van der Waals surface area contributed by atoms with E-state index in [4.69, 9.17) is 0 Å². The van der Waals surface area contributed by atoms with Gasteiger partial charge in [-0.05, 0) is 12.8 Å². The maximum Gasteiger partial charge on any atom is 0.511 e. The average Bonchev–Trinajstić information content (AvgIpc) is 2.51. The van der Waals surface area contributed by atoms with E-state index >= 15 is 0 Å². The topological polar surface area (TPSA) is 58.2 Å². The third-order valence-corrected chi connectivity index (χ3v) is 4.20. The lowest BCUT2D eigenvalue weighted by molar-refractivity contribution is -0.0447. The quantitative estimate of drug-likeness (QED) is 0.598. The third-order valence-electron chi connectivity index (χ3n) is 3.01. The maximum atomic E-state index is 12.0. The van der Waals surface area contributed by atoms with Crippen LogP contribution in [-0.2, 0) is 10.0 Å². The molecule has 0 spiro atoms. The zero-order valence-electron chi connectivity index (χ0n) is 10.1. The van der Waals surface area contributed by atoms with Crippen LogP contribution in [0.2, 0.25) is 0 Å². The molecule has 1 rings (SSSR count). The molecule has 1 fully saturated rings. The molecule has 8 heteroatoms. The number of nitrogens with one attached hydrogen (secondary N) is 2. The molecule has 0 aromatic rings. The second kappa shape index (κ2) is 6.72. The maximum absolute atomic E-state index is 12.0. The number of sulfonamides is 1. The summed E-state index contributed by atoms with van der Waals surface area (Å²) in [5.41, 5.74) is -5.23. The van der Waals surface area contributed by atoms with Crippen molar-refractivity contribution in [2.24, 2.45) is 0 Å². The molecule has 18 heavy (non-hydrogen) atoms. The summed E-state index contributed by atoms with van der Waals surface area (Å²) in [5, 5.41) is 3.09. The Morgan fingerprint density at radius 1 is 1.00 bits per heavy atom. The van der Waals surface area contributed by atoms with Gasteiger partial charge in [0.2, 0.25) is 0 Å². The van der Waals surface area contributed by atoms with E-state index < -0.39 is 15.5 Å². The highest BCUT2D eigenvalue weighted by molar-refractivity contribution is 7.90. The van der Waals surface area contributed by atoms with E-state index in [1.165, 1.54) is 17.6 Å². The van der Waals surface area contributed by atoms with Gasteiger partial charge < -0.3 is 5.32 Å². The monoisotopic (exact) mass is 288 g/mol. The van der Waals surface area contributed by atoms with Gasteiger partial charge in [0.25, 0.3) is 0 Å². The largest absolute Gasteiger partial charge is 0.511 e. The molecule has 0 bridgehead atoms. The number of hydrogen-bond donors (Lipinski definition) is 2. The van der Waals surface area contributed by atoms with Gasteiger partial charge in [-0.25, -0.2) is 13.1 Å². The van der Waals surface area contributed by atoms with Gasteiger partial charge >= 0.3 is 15.5 Å². The highest BCUT2D eigenvalue weighted by Crippen LogP contribution is 2.21. The van der Waals surface area contributed by atoms with Crippen LogP contribution in [0.15, 0.2) is 0 Å². The number of alkyl halides is 3. The van der Waals surface area contributed by atoms with Crippen LogP contribution in [0.5, 0.6) is 0 Å². The van der Waals surface area contributed by atoms with Crippen LogP contribution in [0.3, 0.4) is 0 Å². The number of rotatable bonds is 5. The van der Waals surface area contributed by atoms with Crippen LogP contribution >= 0.6 is 0 Å². The molecule has 0 radical (unpaired) electrons. The molecule has 0 unspecified atom stereocenters. The fraction of sp³-hybridized carbons (Fsp3) is 1.00. The summed E-state index contributed by atoms with van der Waals surface area (Å²) < 4.78 is 58.9. The zero-order chi connectivity index (χ0) is 13.6. The van der Waals surface area contributed by atoms with Crippen LogP contribution in [0.4, 0.5) is 13.2 Å². The molecule has 0 atom stereocenters. The smallest absolute Gasteiger partial charge is 0.313 e. The van der Waals surface area contributed by atoms with Gasteiger partial charge in [0.15, 0.2) is 0 Å². The van der Waals surface area contributed by atoms with E-state index in [0.29, 0.717) is 6.04 Å². The van der Waals surface area contributed by atoms with Crippen LogP contribution in [-0.4, -0.2) is 33.1 Å². The lowest BCUT2D eigenvalue weighted by Gasteiger charge is -2.16. The van der Waals surface area contributed by atoms with Crippen molar-refractivity contribution in [3.05, 3.63) is 0 Å². The standard InChI is InChI=1S/C10H19F3N2O2S/c11-10(12,13)18(16,17)15-8-7-14-9-5-3-1-2-4-6-9/h9,14-15H,1-8H2. The molecule has 1 saturated carbocycles. The lowest BCUT2D eigenvalue weighted by atomic mass is 10.1. The summed E-state index contributed by atoms with van der Waals surface area (Å²) in [7, 11) is -5.20. The van der Waals surface area contributed by atoms with Crippen molar-refractivity contribution in [3.8, 4) is 0 Å². The van der Waals surface area contributed by atoms with E-state index in [0.717, 1.165) is 25.7 Å². The zero-order valence-corrected chi connectivity index (χ0v) is 10.9. The Labute approximate surface area is 105 Å². The van der Waals surface area contributed by atoms with Crippen LogP contribution in [0, 0.1) is 0 Å². The second-order valence-electron chi connectivity index (χ2n) is 4.49. The molecule has 0 aromatic heterocycles. The molecule has 4 nitrogen and oxygen atoms in total. The molecular weight excluding hydrogens is 269 g/mol. The van der Waals surface area contributed by atoms with Crippen LogP contribution in [0.1, 0.15) is 38.5 Å². The minimum Gasteiger partial charge on any atom is -0.313 e. The van der Waals surface area contributed by atoms with Gasteiger partial charge in [-0.2, -0.15) is 13.2 Å². The van der Waals surface area contributed by atoms with Gasteiger partial charge in [-0.1, -0.05) is 25.7 Å². The second-order valence-corrected chi connectivity index (χ2v) is 6.24. The molecule has 0 saturated heterocycles. The summed E-state index contributed by atoms with van der Waals surface area (Å²) in [6.07, 6.45) is 6.63. The molecule has 0 heterocycles. The van der Waals surface area contributed by atoms with Crippen molar-refractivity contribution in [3.63, 3.8) is 0 Å². The summed E-state index contributed by atoms with van der Waals surface area (Å²) in [5.74, 6) is 0. The predicted molar refractivity (Wildman–Crippen MR) is 62.5 cm³/mol. The normalized spacial score (nSPS) is 19.7. The molecule has 0 amide bonds. The van der Waals surface area contributed by atoms with Crippen molar-refractivity contribution in [1.82, 2.24) is 10.0 Å². The molecule has 1 aliphatic carbocycles. The van der Waals surface area contributed by atoms with Crippen molar-refractivity contribution < 1.29 is 21.6 Å². The Balaban J connectivity index is 2.22. The Morgan fingerprint density at radius 3 is 2.06 bits per heavy atom. The number of hydrogen-bond acceptors (Lipinski definition) is 3. The van der Waals surface area contributed by atoms with Crippen molar-refractivity contribution in [1.29, 1.82) is 0 Å². The summed E-state index contributed by atoms with van der Waals surface area (Å²) in [6.45, 7) is -0.0156. The Morgan fingerprint density at radius 2 is 1.56 bits per heavy atom. The fourth-order valence-corrected chi connectivity index (χ4v) is 2.56. The van der Waals surface area contributed by atoms with E-state index in [1.807, 2.05) is 0 Å². The van der Waals surface area contributed by atoms with Gasteiger partial charge in [-0.3, -0.25) is 0 Å². The Hall–Kier alpha value is -0.340. The highest BCUT2D eigenvalue weighted by Gasteiger charge is 2.45. The van der Waals surface area contributed by atoms with E-state index in [1.54, 1.807) is 0 Å². The highest BCUT2D eigenvalue weighted by atomic mass is 32.2. The van der Waals surface area contributed by atoms with Gasteiger partial charge in [0, 0.05) is 19.1 Å². The van der Waals surface area contributed by atoms with Crippen molar-refractivity contribution in [2.45, 2.75) is 50.1 Å². The molecule has 1 aliphatic rings. The molecule has 0 aliphatic heterocycles. The predicted octanol–water partition coefficient (Wildman–Crippen LogP) is 1.74. The number of halogens is 3. The van der Waals surface area contributed by atoms with Gasteiger partial charge in [-0.15, -0.1) is 0 Å². The van der Waals surface area contributed by atoms with E-state index in [-0.39, 0.29) is 13.1 Å². The summed E-state index contributed by atoms with van der Waals surface area (Å²) >= 11 is 0. The van der Waals surface area contributed by atoms with Gasteiger partial charge in [0.05, 0.1) is 0 Å². The van der Waals surface area contributed by atoms with E-state index in [2.05, 4.69) is 5.32 Å². The van der Waals surface area contributed by atoms with Crippen molar-refractivity contribution >= 4 is 10.0 Å². The van der Waals surface area contributed by atoms with Crippen LogP contribution < -0.4 is 10.0 Å². The summed E-state index contributed by atoms with van der Waals surface area (Å²) in [6, 6.07) is 0.294. The third kappa shape index (κ3) is 5.11. The minimum atomic E-state index is -5.23. The average molecular weight is 288 g/mol. The Bertz CT molecular complexity index is 336. The molecular formula is C10H19F3N2O2S. The Kier molecular flexibility index (Phi) is 5.87. The van der Waals surface area contributed by atoms with Gasteiger partial charge in [0.1, 0.15) is 0 Å². The SMILES string of the molecule is O=S(=O)(NCCNC1CCCCCC1)C(F)(F)F. The summed E-state index contributed by atoms with van der Waals surface area (Å²) in [4.78, 5) is 0. The minimum absolute atomic E-state index is 0.222. The first-order valence-electron chi connectivity index (χ1n) is 6.12. The molecule has 0 aromatic carbocycles. The van der Waals surface area contributed by atoms with Crippen molar-refractivity contribution in [2.75, 3.05) is 13.1 Å². The van der Waals surface area contributed by atoms with E-state index in [9.17, 15) is 21.6 Å². The first-order chi connectivity index (χ1) is 8.33. The van der Waals surface area contributed by atoms with Crippen LogP contribution in [0.25, 0.3) is 0 Å². The lowest BCUT2D eigenvalue weighted by Crippen LogP contribution is -2.41. The molecule has 2 N–H and O–H groups in total.